The monoisotopic (exact) mass is 178 g/mol. The number of alkyl halides is 2. The first-order valence-corrected chi connectivity index (χ1v) is 3.77. The molecule has 0 saturated carbocycles. The fourth-order valence-electron chi connectivity index (χ4n) is 0.685. The number of aliphatic hydroxyl groups is 1. The molecule has 0 saturated heterocycles. The molecule has 0 aromatic heterocycles. The summed E-state index contributed by atoms with van der Waals surface area (Å²) >= 11 is 0. The van der Waals surface area contributed by atoms with Crippen LogP contribution in [-0.4, -0.2) is 37.6 Å². The molecule has 2 nitrogen and oxygen atoms in total. The van der Waals surface area contributed by atoms with Crippen molar-refractivity contribution >= 4 is 7.85 Å². The van der Waals surface area contributed by atoms with Gasteiger partial charge in [0.2, 0.25) is 6.36 Å². The summed E-state index contributed by atoms with van der Waals surface area (Å²) in [5, 5.41) is 8.65. The van der Waals surface area contributed by atoms with Crippen LogP contribution < -0.4 is 0 Å². The van der Waals surface area contributed by atoms with Crippen molar-refractivity contribution in [3.63, 3.8) is 0 Å². The number of hydrogen-bond acceptors (Lipinski definition) is 2. The number of aliphatic hydroxyl groups excluding tert-OH is 1. The summed E-state index contributed by atoms with van der Waals surface area (Å²) in [4.78, 5) is 0. The average molecular weight is 178 g/mol. The van der Waals surface area contributed by atoms with Gasteiger partial charge in [0.25, 0.3) is 0 Å². The van der Waals surface area contributed by atoms with Crippen LogP contribution in [0.1, 0.15) is 20.3 Å². The Morgan fingerprint density at radius 1 is 1.67 bits per heavy atom. The summed E-state index contributed by atoms with van der Waals surface area (Å²) in [6.07, 6.45) is -1.93. The van der Waals surface area contributed by atoms with Crippen LogP contribution >= 0.6 is 0 Å². The van der Waals surface area contributed by atoms with E-state index in [1.807, 2.05) is 0 Å². The number of hydrogen-bond donors (Lipinski definition) is 1. The van der Waals surface area contributed by atoms with Crippen LogP contribution in [0.2, 0.25) is 0 Å². The van der Waals surface area contributed by atoms with E-state index in [1.54, 1.807) is 6.92 Å². The highest BCUT2D eigenvalue weighted by Crippen LogP contribution is 2.22. The molecule has 5 heteroatoms. The molecule has 1 N–H and O–H groups in total. The molecule has 0 bridgehead atoms. The minimum atomic E-state index is -2.15. The van der Waals surface area contributed by atoms with Crippen LogP contribution in [0.25, 0.3) is 0 Å². The average Bonchev–Trinajstić information content (AvgIpc) is 2.03. The van der Waals surface area contributed by atoms with Crippen molar-refractivity contribution in [1.82, 2.24) is 0 Å². The van der Waals surface area contributed by atoms with Crippen molar-refractivity contribution < 1.29 is 18.6 Å². The van der Waals surface area contributed by atoms with E-state index in [2.05, 4.69) is 0 Å². The van der Waals surface area contributed by atoms with Crippen molar-refractivity contribution in [2.45, 2.75) is 38.2 Å². The van der Waals surface area contributed by atoms with E-state index in [-0.39, 0.29) is 6.42 Å². The van der Waals surface area contributed by atoms with Crippen LogP contribution in [0.5, 0.6) is 0 Å². The van der Waals surface area contributed by atoms with Gasteiger partial charge >= 0.3 is 0 Å². The van der Waals surface area contributed by atoms with E-state index >= 15 is 0 Å². The third kappa shape index (κ3) is 3.07. The van der Waals surface area contributed by atoms with Crippen molar-refractivity contribution in [2.75, 3.05) is 6.67 Å². The molecule has 3 atom stereocenters. The van der Waals surface area contributed by atoms with E-state index in [0.717, 1.165) is 0 Å². The zero-order valence-corrected chi connectivity index (χ0v) is 7.26. The second-order valence-electron chi connectivity index (χ2n) is 2.81. The van der Waals surface area contributed by atoms with E-state index in [9.17, 15) is 8.78 Å². The van der Waals surface area contributed by atoms with Gasteiger partial charge in [-0.3, -0.25) is 0 Å². The Bertz CT molecular complexity index is 135. The third-order valence-electron chi connectivity index (χ3n) is 1.78. The Hall–Kier alpha value is -0.155. The van der Waals surface area contributed by atoms with Crippen molar-refractivity contribution in [3.05, 3.63) is 0 Å². The van der Waals surface area contributed by atoms with Crippen molar-refractivity contribution in [2.24, 2.45) is 0 Å². The lowest BCUT2D eigenvalue weighted by Crippen LogP contribution is -2.42. The van der Waals surface area contributed by atoms with Gasteiger partial charge in [-0.05, 0) is 13.3 Å². The Morgan fingerprint density at radius 2 is 2.17 bits per heavy atom. The molecule has 0 aromatic rings. The summed E-state index contributed by atoms with van der Waals surface area (Å²) in [5.41, 5.74) is -1.41. The highest BCUT2D eigenvalue weighted by Gasteiger charge is 2.33. The maximum absolute atomic E-state index is 12.5. The maximum atomic E-state index is 12.5. The summed E-state index contributed by atoms with van der Waals surface area (Å²) in [6, 6.07) is -1.18. The smallest absolute Gasteiger partial charge is 0.225 e. The SMILES string of the molecule is [B][C@@H](CF)O[C@](C)(CC)[C@@H](O)F. The van der Waals surface area contributed by atoms with E-state index in [0.29, 0.717) is 0 Å². The fraction of sp³-hybridized carbons (Fsp3) is 1.00. The molecule has 12 heavy (non-hydrogen) atoms. The third-order valence-corrected chi connectivity index (χ3v) is 1.78. The minimum absolute atomic E-state index is 0.221. The Balaban J connectivity index is 4.14. The summed E-state index contributed by atoms with van der Waals surface area (Å²) in [5.74, 6) is 0. The van der Waals surface area contributed by atoms with Crippen LogP contribution in [0.15, 0.2) is 0 Å². The molecule has 70 valence electrons. The fourth-order valence-corrected chi connectivity index (χ4v) is 0.685. The van der Waals surface area contributed by atoms with Gasteiger partial charge in [-0.25, -0.2) is 8.78 Å². The molecule has 0 amide bonds. The van der Waals surface area contributed by atoms with E-state index in [4.69, 9.17) is 17.7 Å². The molecular formula is C7H13BF2O2. The van der Waals surface area contributed by atoms with Crippen LogP contribution in [0.4, 0.5) is 8.78 Å². The second-order valence-corrected chi connectivity index (χ2v) is 2.81. The highest BCUT2D eigenvalue weighted by molar-refractivity contribution is 6.11. The molecule has 0 unspecified atom stereocenters. The molecule has 0 heterocycles. The summed E-state index contributed by atoms with van der Waals surface area (Å²) < 4.78 is 29.1. The highest BCUT2D eigenvalue weighted by atomic mass is 19.1. The molecule has 0 rings (SSSR count). The Morgan fingerprint density at radius 3 is 2.42 bits per heavy atom. The van der Waals surface area contributed by atoms with Crippen LogP contribution in [0, 0.1) is 0 Å². The van der Waals surface area contributed by atoms with E-state index < -0.39 is 24.6 Å². The topological polar surface area (TPSA) is 29.5 Å². The molecule has 0 spiro atoms. The lowest BCUT2D eigenvalue weighted by Gasteiger charge is -2.31. The molecule has 0 aromatic carbocycles. The van der Waals surface area contributed by atoms with Gasteiger partial charge in [0.15, 0.2) is 0 Å². The second kappa shape index (κ2) is 4.77. The van der Waals surface area contributed by atoms with E-state index in [1.165, 1.54) is 6.92 Å². The van der Waals surface area contributed by atoms with Crippen molar-refractivity contribution in [1.29, 1.82) is 0 Å². The first-order valence-electron chi connectivity index (χ1n) is 3.77. The quantitative estimate of drug-likeness (QED) is 0.634. The number of rotatable bonds is 5. The first kappa shape index (κ1) is 11.8. The van der Waals surface area contributed by atoms with Gasteiger partial charge in [0.1, 0.15) is 20.1 Å². The van der Waals surface area contributed by atoms with Gasteiger partial charge in [0, 0.05) is 6.00 Å². The first-order chi connectivity index (χ1) is 5.46. The molecular weight excluding hydrogens is 165 g/mol. The van der Waals surface area contributed by atoms with Crippen LogP contribution in [-0.2, 0) is 4.74 Å². The standard InChI is InChI=1S/C7H13BF2O2/c1-3-7(2,6(10)11)12-5(8)4-9/h5-6,11H,3-4H2,1-2H3/t5-,6-,7-/m1/s1. The maximum Gasteiger partial charge on any atom is 0.225 e. The molecule has 0 aliphatic heterocycles. The molecule has 2 radical (unpaired) electrons. The lowest BCUT2D eigenvalue weighted by atomic mass is 9.97. The Kier molecular flexibility index (Phi) is 4.71. The lowest BCUT2D eigenvalue weighted by molar-refractivity contribution is -0.176. The minimum Gasteiger partial charge on any atom is -0.374 e. The normalized spacial score (nSPS) is 21.4. The van der Waals surface area contributed by atoms with Gasteiger partial charge in [-0.2, -0.15) is 0 Å². The van der Waals surface area contributed by atoms with Gasteiger partial charge in [0.05, 0.1) is 0 Å². The zero-order valence-electron chi connectivity index (χ0n) is 7.26. The Labute approximate surface area is 72.3 Å². The van der Waals surface area contributed by atoms with Crippen molar-refractivity contribution in [3.8, 4) is 0 Å². The predicted molar refractivity (Wildman–Crippen MR) is 42.4 cm³/mol. The molecule has 0 aliphatic carbocycles. The van der Waals surface area contributed by atoms with Crippen LogP contribution in [0.3, 0.4) is 0 Å². The predicted octanol–water partition coefficient (Wildman–Crippen LogP) is 0.924. The molecule has 0 aliphatic rings. The zero-order chi connectivity index (χ0) is 9.78. The summed E-state index contributed by atoms with van der Waals surface area (Å²) in [7, 11) is 5.10. The van der Waals surface area contributed by atoms with Gasteiger partial charge < -0.3 is 9.84 Å². The summed E-state index contributed by atoms with van der Waals surface area (Å²) in [6.45, 7) is 2.06. The molecule has 0 fully saturated rings. The van der Waals surface area contributed by atoms with Gasteiger partial charge in [-0.1, -0.05) is 6.92 Å². The largest absolute Gasteiger partial charge is 0.374 e. The number of ether oxygens (including phenoxy) is 1. The number of halogens is 2. The van der Waals surface area contributed by atoms with Gasteiger partial charge in [-0.15, -0.1) is 0 Å².